The molecular weight excluding hydrogens is 128 g/mol. The van der Waals surface area contributed by atoms with Crippen LogP contribution in [0, 0.1) is 0 Å². The summed E-state index contributed by atoms with van der Waals surface area (Å²) < 4.78 is 36.6. The van der Waals surface area contributed by atoms with Crippen molar-refractivity contribution in [1.82, 2.24) is 0 Å². The van der Waals surface area contributed by atoms with E-state index in [0.29, 0.717) is 0 Å². The van der Waals surface area contributed by atoms with E-state index in [1.807, 2.05) is 0 Å². The lowest BCUT2D eigenvalue weighted by atomic mass is 11.6. The van der Waals surface area contributed by atoms with Gasteiger partial charge < -0.3 is 4.52 Å². The quantitative estimate of drug-likeness (QED) is 0.494. The maximum absolute atomic E-state index is 10.9. The summed E-state index contributed by atoms with van der Waals surface area (Å²) in [6, 6.07) is 0. The van der Waals surface area contributed by atoms with Gasteiger partial charge in [-0.3, -0.25) is 0 Å². The first-order valence-corrected chi connectivity index (χ1v) is 2.34. The topological polar surface area (TPSA) is 9.23 Å². The fourth-order valence-electron chi connectivity index (χ4n) is 0.116. The summed E-state index contributed by atoms with van der Waals surface area (Å²) in [5.41, 5.74) is 0. The van der Waals surface area contributed by atoms with Gasteiger partial charge in [0.05, 0.1) is 0 Å². The second kappa shape index (κ2) is 2.48. The van der Waals surface area contributed by atoms with Gasteiger partial charge >= 0.3 is 5.92 Å². The van der Waals surface area contributed by atoms with Gasteiger partial charge in [-0.05, 0) is 0 Å². The van der Waals surface area contributed by atoms with E-state index in [1.165, 1.54) is 0 Å². The van der Waals surface area contributed by atoms with E-state index < -0.39 is 14.7 Å². The summed E-state index contributed by atoms with van der Waals surface area (Å²) in [6.45, 7) is 0. The highest BCUT2D eigenvalue weighted by Gasteiger charge is 2.26. The molecular formula is C2H4F3OP. The highest BCUT2D eigenvalue weighted by atomic mass is 31.1. The summed E-state index contributed by atoms with van der Waals surface area (Å²) >= 11 is 0. The molecule has 0 saturated heterocycles. The Labute approximate surface area is 40.7 Å². The maximum atomic E-state index is 10.9. The fourth-order valence-corrected chi connectivity index (χ4v) is 0.347. The molecule has 0 saturated carbocycles. The second-order valence-corrected chi connectivity index (χ2v) is 1.98. The van der Waals surface area contributed by atoms with Crippen molar-refractivity contribution in [2.24, 2.45) is 0 Å². The minimum atomic E-state index is -4.14. The van der Waals surface area contributed by atoms with Gasteiger partial charge in [0.1, 0.15) is 8.81 Å². The van der Waals surface area contributed by atoms with Crippen LogP contribution in [0.15, 0.2) is 0 Å². The minimum Gasteiger partial charge on any atom is -0.356 e. The first-order valence-electron chi connectivity index (χ1n) is 1.43. The standard InChI is InChI=1S/C2H4F3OP/c1-6-7-2(3,4)5/h7H,1H3. The molecule has 0 radical (unpaired) electrons. The molecule has 0 aromatic heterocycles. The van der Waals surface area contributed by atoms with Gasteiger partial charge in [-0.1, -0.05) is 0 Å². The molecule has 1 unspecified atom stereocenters. The lowest BCUT2D eigenvalue weighted by molar-refractivity contribution is -0.0442. The Morgan fingerprint density at radius 3 is 1.86 bits per heavy atom. The summed E-state index contributed by atoms with van der Waals surface area (Å²) in [6.07, 6.45) is 0. The highest BCUT2D eigenvalue weighted by Crippen LogP contribution is 2.35. The van der Waals surface area contributed by atoms with Crippen molar-refractivity contribution in [2.45, 2.75) is 5.92 Å². The van der Waals surface area contributed by atoms with Crippen LogP contribution in [0.3, 0.4) is 0 Å². The van der Waals surface area contributed by atoms with Gasteiger partial charge in [-0.15, -0.1) is 0 Å². The normalized spacial score (nSPS) is 13.7. The Hall–Kier alpha value is 0.180. The lowest BCUT2D eigenvalue weighted by Gasteiger charge is -2.00. The highest BCUT2D eigenvalue weighted by molar-refractivity contribution is 7.33. The Balaban J connectivity index is 3.15. The van der Waals surface area contributed by atoms with Crippen LogP contribution in [-0.2, 0) is 4.52 Å². The summed E-state index contributed by atoms with van der Waals surface area (Å²) in [5, 5.41) is 0. The van der Waals surface area contributed by atoms with Crippen LogP contribution in [0.25, 0.3) is 0 Å². The Kier molecular flexibility index (Phi) is 2.54. The average molecular weight is 132 g/mol. The largest absolute Gasteiger partial charge is 0.427 e. The predicted octanol–water partition coefficient (Wildman–Crippen LogP) is 1.75. The van der Waals surface area contributed by atoms with Gasteiger partial charge in [0.2, 0.25) is 0 Å². The van der Waals surface area contributed by atoms with Gasteiger partial charge in [-0.2, -0.15) is 13.2 Å². The van der Waals surface area contributed by atoms with Crippen LogP contribution in [0.1, 0.15) is 0 Å². The fraction of sp³-hybridized carbons (Fsp3) is 1.00. The SMILES string of the molecule is COPC(F)(F)F. The van der Waals surface area contributed by atoms with Crippen LogP contribution < -0.4 is 0 Å². The molecule has 1 atom stereocenters. The molecule has 5 heteroatoms. The van der Waals surface area contributed by atoms with E-state index in [9.17, 15) is 13.2 Å². The van der Waals surface area contributed by atoms with E-state index >= 15 is 0 Å². The summed E-state index contributed by atoms with van der Waals surface area (Å²) in [7, 11) is -0.356. The van der Waals surface area contributed by atoms with Gasteiger partial charge in [0, 0.05) is 7.11 Å². The zero-order valence-electron chi connectivity index (χ0n) is 3.54. The minimum absolute atomic E-state index is 1.02. The molecule has 0 aromatic carbocycles. The van der Waals surface area contributed by atoms with Crippen LogP contribution in [0.4, 0.5) is 13.2 Å². The van der Waals surface area contributed by atoms with Crippen molar-refractivity contribution in [3.8, 4) is 0 Å². The number of hydrogen-bond donors (Lipinski definition) is 0. The van der Waals surface area contributed by atoms with Crippen molar-refractivity contribution in [3.63, 3.8) is 0 Å². The number of halogens is 3. The Morgan fingerprint density at radius 2 is 1.86 bits per heavy atom. The summed E-state index contributed by atoms with van der Waals surface area (Å²) in [4.78, 5) is 0. The molecule has 0 aliphatic carbocycles. The third kappa shape index (κ3) is 6.18. The van der Waals surface area contributed by atoms with Crippen LogP contribution in [-0.4, -0.2) is 13.0 Å². The molecule has 0 spiro atoms. The molecule has 0 aliphatic heterocycles. The van der Waals surface area contributed by atoms with Gasteiger partial charge in [-0.25, -0.2) is 0 Å². The lowest BCUT2D eigenvalue weighted by Crippen LogP contribution is -1.95. The third-order valence-electron chi connectivity index (χ3n) is 0.218. The molecule has 0 bridgehead atoms. The number of alkyl halides is 3. The first kappa shape index (κ1) is 7.18. The first-order chi connectivity index (χ1) is 3.06. The molecule has 1 nitrogen and oxygen atoms in total. The molecule has 0 fully saturated rings. The van der Waals surface area contributed by atoms with E-state index in [2.05, 4.69) is 4.52 Å². The Morgan fingerprint density at radius 1 is 1.43 bits per heavy atom. The van der Waals surface area contributed by atoms with Crippen LogP contribution >= 0.6 is 8.81 Å². The van der Waals surface area contributed by atoms with Crippen molar-refractivity contribution in [3.05, 3.63) is 0 Å². The van der Waals surface area contributed by atoms with Crippen LogP contribution in [0.2, 0.25) is 0 Å². The van der Waals surface area contributed by atoms with E-state index in [1.54, 1.807) is 0 Å². The predicted molar refractivity (Wildman–Crippen MR) is 21.4 cm³/mol. The third-order valence-corrected chi connectivity index (χ3v) is 0.653. The van der Waals surface area contributed by atoms with E-state index in [-0.39, 0.29) is 0 Å². The summed E-state index contributed by atoms with van der Waals surface area (Å²) in [5.74, 6) is -4.14. The molecule has 0 aromatic rings. The number of rotatable bonds is 1. The van der Waals surface area contributed by atoms with Gasteiger partial charge in [0.15, 0.2) is 0 Å². The zero-order chi connectivity index (χ0) is 5.91. The van der Waals surface area contributed by atoms with Crippen molar-refractivity contribution < 1.29 is 17.7 Å². The average Bonchev–Trinajstić information content (AvgIpc) is 1.30. The maximum Gasteiger partial charge on any atom is 0.427 e. The van der Waals surface area contributed by atoms with Crippen LogP contribution in [0.5, 0.6) is 0 Å². The van der Waals surface area contributed by atoms with Crippen molar-refractivity contribution in [1.29, 1.82) is 0 Å². The smallest absolute Gasteiger partial charge is 0.356 e. The van der Waals surface area contributed by atoms with E-state index in [0.717, 1.165) is 7.11 Å². The van der Waals surface area contributed by atoms with E-state index in [4.69, 9.17) is 0 Å². The molecule has 7 heavy (non-hydrogen) atoms. The monoisotopic (exact) mass is 132 g/mol. The van der Waals surface area contributed by atoms with Gasteiger partial charge in [0.25, 0.3) is 0 Å². The second-order valence-electron chi connectivity index (χ2n) is 0.804. The molecule has 0 heterocycles. The molecule has 44 valence electrons. The molecule has 0 aliphatic rings. The molecule has 0 amide bonds. The molecule has 0 rings (SSSR count). The molecule has 0 N–H and O–H groups in total. The van der Waals surface area contributed by atoms with Crippen molar-refractivity contribution in [2.75, 3.05) is 7.11 Å². The Bertz CT molecular complexity index is 51.4. The zero-order valence-corrected chi connectivity index (χ0v) is 4.54. The van der Waals surface area contributed by atoms with Crippen molar-refractivity contribution >= 4 is 8.81 Å². The number of hydrogen-bond acceptors (Lipinski definition) is 1.